The maximum absolute atomic E-state index is 13.4. The van der Waals surface area contributed by atoms with Gasteiger partial charge in [0.25, 0.3) is 0 Å². The van der Waals surface area contributed by atoms with E-state index in [-0.39, 0.29) is 12.1 Å². The van der Waals surface area contributed by atoms with Crippen LogP contribution in [0.3, 0.4) is 0 Å². The number of likely N-dealkylation sites (tertiary alicyclic amines) is 1. The number of carbonyl (C=O) groups excluding carboxylic acids is 1. The molecule has 1 aliphatic heterocycles. The minimum Gasteiger partial charge on any atom is -0.453 e. The van der Waals surface area contributed by atoms with Crippen LogP contribution in [0.2, 0.25) is 0 Å². The highest BCUT2D eigenvalue weighted by Gasteiger charge is 2.31. The number of nitrogens with zero attached hydrogens (tertiary/aromatic N) is 1. The molecule has 1 amide bonds. The summed E-state index contributed by atoms with van der Waals surface area (Å²) in [5.74, 6) is 0. The van der Waals surface area contributed by atoms with Gasteiger partial charge in [-0.25, -0.2) is 9.18 Å². The number of unbranched alkanes of at least 4 members (excludes halogenated alkanes) is 4. The lowest BCUT2D eigenvalue weighted by atomic mass is 9.95. The van der Waals surface area contributed by atoms with Crippen molar-refractivity contribution in [1.82, 2.24) is 4.90 Å². The first kappa shape index (κ1) is 15.3. The molecule has 18 heavy (non-hydrogen) atoms. The number of amides is 1. The number of methoxy groups -OCH3 is 1. The van der Waals surface area contributed by atoms with E-state index >= 15 is 0 Å². The van der Waals surface area contributed by atoms with Crippen molar-refractivity contribution in [2.45, 2.75) is 70.5 Å². The highest BCUT2D eigenvalue weighted by Crippen LogP contribution is 2.24. The van der Waals surface area contributed by atoms with Crippen molar-refractivity contribution in [1.29, 1.82) is 0 Å². The zero-order chi connectivity index (χ0) is 13.4. The van der Waals surface area contributed by atoms with E-state index in [0.717, 1.165) is 12.8 Å². The van der Waals surface area contributed by atoms with Gasteiger partial charge in [0.05, 0.1) is 7.11 Å². The molecule has 0 N–H and O–H groups in total. The van der Waals surface area contributed by atoms with Crippen molar-refractivity contribution in [2.24, 2.45) is 0 Å². The summed E-state index contributed by atoms with van der Waals surface area (Å²) in [6, 6.07) is 0.0304. The standard InChI is InChI=1S/C14H26FNO2/c1-3-4-5-6-7-8-13-11-12(15)9-10-16(13)14(17)18-2/h12-13H,3-11H2,1-2H3/t12-,13-/m1/s1. The Labute approximate surface area is 110 Å². The van der Waals surface area contributed by atoms with Crippen molar-refractivity contribution in [2.75, 3.05) is 13.7 Å². The molecule has 1 rings (SSSR count). The fourth-order valence-electron chi connectivity index (χ4n) is 2.62. The molecule has 3 nitrogen and oxygen atoms in total. The molecule has 1 fully saturated rings. The van der Waals surface area contributed by atoms with Gasteiger partial charge in [-0.1, -0.05) is 39.0 Å². The summed E-state index contributed by atoms with van der Waals surface area (Å²) in [7, 11) is 1.39. The summed E-state index contributed by atoms with van der Waals surface area (Å²) >= 11 is 0. The van der Waals surface area contributed by atoms with Crippen LogP contribution in [0.15, 0.2) is 0 Å². The van der Waals surface area contributed by atoms with Crippen LogP contribution in [0.1, 0.15) is 58.3 Å². The molecular formula is C14H26FNO2. The van der Waals surface area contributed by atoms with Gasteiger partial charge in [0.2, 0.25) is 0 Å². The number of hydrogen-bond acceptors (Lipinski definition) is 2. The molecule has 0 spiro atoms. The molecule has 0 aromatic rings. The Balaban J connectivity index is 2.34. The summed E-state index contributed by atoms with van der Waals surface area (Å²) in [5, 5.41) is 0. The first-order chi connectivity index (χ1) is 8.69. The van der Waals surface area contributed by atoms with Crippen LogP contribution >= 0.6 is 0 Å². The highest BCUT2D eigenvalue weighted by atomic mass is 19.1. The van der Waals surface area contributed by atoms with Gasteiger partial charge < -0.3 is 9.64 Å². The molecule has 0 saturated carbocycles. The third-order valence-corrected chi connectivity index (χ3v) is 3.70. The number of alkyl halides is 1. The highest BCUT2D eigenvalue weighted by molar-refractivity contribution is 5.68. The van der Waals surface area contributed by atoms with Gasteiger partial charge >= 0.3 is 6.09 Å². The molecule has 0 bridgehead atoms. The second kappa shape index (κ2) is 8.33. The minimum atomic E-state index is -0.758. The van der Waals surface area contributed by atoms with Gasteiger partial charge in [-0.15, -0.1) is 0 Å². The Morgan fingerprint density at radius 2 is 2.06 bits per heavy atom. The summed E-state index contributed by atoms with van der Waals surface area (Å²) in [4.78, 5) is 13.3. The van der Waals surface area contributed by atoms with E-state index in [2.05, 4.69) is 6.92 Å². The zero-order valence-electron chi connectivity index (χ0n) is 11.7. The average Bonchev–Trinajstić information content (AvgIpc) is 2.38. The summed E-state index contributed by atoms with van der Waals surface area (Å²) in [6.45, 7) is 2.68. The molecule has 0 radical (unpaired) electrons. The predicted octanol–water partition coefficient (Wildman–Crippen LogP) is 3.92. The van der Waals surface area contributed by atoms with Crippen LogP contribution < -0.4 is 0 Å². The summed E-state index contributed by atoms with van der Waals surface area (Å²) in [5.41, 5.74) is 0. The largest absolute Gasteiger partial charge is 0.453 e. The molecule has 106 valence electrons. The molecule has 1 heterocycles. The van der Waals surface area contributed by atoms with Gasteiger partial charge in [-0.3, -0.25) is 0 Å². The van der Waals surface area contributed by atoms with E-state index in [1.54, 1.807) is 4.90 Å². The molecule has 0 unspecified atom stereocenters. The number of piperidine rings is 1. The maximum atomic E-state index is 13.4. The van der Waals surface area contributed by atoms with Crippen molar-refractivity contribution < 1.29 is 13.9 Å². The summed E-state index contributed by atoms with van der Waals surface area (Å²) in [6.07, 6.45) is 6.74. The fraction of sp³-hybridized carbons (Fsp3) is 0.929. The van der Waals surface area contributed by atoms with Crippen molar-refractivity contribution >= 4 is 6.09 Å². The molecule has 0 aliphatic carbocycles. The first-order valence-corrected chi connectivity index (χ1v) is 7.17. The monoisotopic (exact) mass is 259 g/mol. The van der Waals surface area contributed by atoms with Crippen LogP contribution in [0.25, 0.3) is 0 Å². The van der Waals surface area contributed by atoms with Gasteiger partial charge in [-0.05, 0) is 19.3 Å². The SMILES string of the molecule is CCCCCCC[C@@H]1C[C@H](F)CCN1C(=O)OC. The Bertz CT molecular complexity index is 248. The minimum absolute atomic E-state index is 0.0304. The third-order valence-electron chi connectivity index (χ3n) is 3.70. The number of ether oxygens (including phenoxy) is 1. The number of halogens is 1. The lowest BCUT2D eigenvalue weighted by Crippen LogP contribution is -2.46. The van der Waals surface area contributed by atoms with E-state index in [1.165, 1.54) is 32.8 Å². The van der Waals surface area contributed by atoms with Gasteiger partial charge in [0, 0.05) is 12.6 Å². The Morgan fingerprint density at radius 1 is 1.33 bits per heavy atom. The van der Waals surface area contributed by atoms with Crippen molar-refractivity contribution in [3.63, 3.8) is 0 Å². The third kappa shape index (κ3) is 4.83. The number of carbonyl (C=O) groups is 1. The van der Waals surface area contributed by atoms with Crippen LogP contribution in [-0.4, -0.2) is 36.9 Å². The quantitative estimate of drug-likeness (QED) is 0.677. The van der Waals surface area contributed by atoms with Crippen LogP contribution in [0, 0.1) is 0 Å². The molecule has 2 atom stereocenters. The van der Waals surface area contributed by atoms with Crippen molar-refractivity contribution in [3.8, 4) is 0 Å². The normalized spacial score (nSPS) is 24.1. The van der Waals surface area contributed by atoms with Crippen LogP contribution in [-0.2, 0) is 4.74 Å². The van der Waals surface area contributed by atoms with E-state index < -0.39 is 6.17 Å². The van der Waals surface area contributed by atoms with Crippen molar-refractivity contribution in [3.05, 3.63) is 0 Å². The molecule has 1 saturated heterocycles. The van der Waals surface area contributed by atoms with E-state index in [0.29, 0.717) is 19.4 Å². The second-order valence-electron chi connectivity index (χ2n) is 5.14. The lowest BCUT2D eigenvalue weighted by molar-refractivity contribution is 0.0624. The fourth-order valence-corrected chi connectivity index (χ4v) is 2.62. The zero-order valence-corrected chi connectivity index (χ0v) is 11.7. The average molecular weight is 259 g/mol. The van der Waals surface area contributed by atoms with Crippen LogP contribution in [0.5, 0.6) is 0 Å². The van der Waals surface area contributed by atoms with Crippen LogP contribution in [0.4, 0.5) is 9.18 Å². The molecule has 1 aliphatic rings. The lowest BCUT2D eigenvalue weighted by Gasteiger charge is -2.36. The Hall–Kier alpha value is -0.800. The van der Waals surface area contributed by atoms with Gasteiger partial charge in [-0.2, -0.15) is 0 Å². The Morgan fingerprint density at radius 3 is 2.72 bits per heavy atom. The molecule has 0 aromatic carbocycles. The number of rotatable bonds is 6. The van der Waals surface area contributed by atoms with E-state index in [4.69, 9.17) is 4.74 Å². The maximum Gasteiger partial charge on any atom is 0.409 e. The first-order valence-electron chi connectivity index (χ1n) is 7.17. The topological polar surface area (TPSA) is 29.5 Å². The summed E-state index contributed by atoms with van der Waals surface area (Å²) < 4.78 is 18.2. The Kier molecular flexibility index (Phi) is 7.06. The van der Waals surface area contributed by atoms with E-state index in [9.17, 15) is 9.18 Å². The second-order valence-corrected chi connectivity index (χ2v) is 5.14. The molecular weight excluding hydrogens is 233 g/mol. The smallest absolute Gasteiger partial charge is 0.409 e. The molecule has 0 aromatic heterocycles. The van der Waals surface area contributed by atoms with E-state index in [1.807, 2.05) is 0 Å². The van der Waals surface area contributed by atoms with Gasteiger partial charge in [0.1, 0.15) is 6.17 Å². The molecule has 4 heteroatoms. The number of hydrogen-bond donors (Lipinski definition) is 0. The predicted molar refractivity (Wildman–Crippen MR) is 70.4 cm³/mol. The van der Waals surface area contributed by atoms with Gasteiger partial charge in [0.15, 0.2) is 0 Å².